The van der Waals surface area contributed by atoms with Gasteiger partial charge in [0.2, 0.25) is 5.91 Å². The molecule has 116 valence electrons. The van der Waals surface area contributed by atoms with Gasteiger partial charge in [0.15, 0.2) is 0 Å². The number of nitrogens with one attached hydrogen (secondary N) is 1. The van der Waals surface area contributed by atoms with Gasteiger partial charge in [0, 0.05) is 6.42 Å². The first kappa shape index (κ1) is 15.8. The van der Waals surface area contributed by atoms with E-state index in [9.17, 15) is 9.90 Å². The van der Waals surface area contributed by atoms with E-state index in [-0.39, 0.29) is 18.1 Å². The smallest absolute Gasteiger partial charge is 0.220 e. The van der Waals surface area contributed by atoms with E-state index in [1.165, 1.54) is 5.56 Å². The van der Waals surface area contributed by atoms with Crippen molar-refractivity contribution in [3.8, 4) is 5.75 Å². The number of aryl methyl sites for hydroxylation is 1. The predicted molar refractivity (Wildman–Crippen MR) is 82.4 cm³/mol. The van der Waals surface area contributed by atoms with Crippen molar-refractivity contribution in [3.05, 3.63) is 29.8 Å². The van der Waals surface area contributed by atoms with Gasteiger partial charge in [0.25, 0.3) is 0 Å². The summed E-state index contributed by atoms with van der Waals surface area (Å²) in [6, 6.07) is 7.94. The second-order valence-electron chi connectivity index (χ2n) is 5.90. The van der Waals surface area contributed by atoms with Crippen molar-refractivity contribution in [2.45, 2.75) is 50.5 Å². The Morgan fingerprint density at radius 1 is 1.29 bits per heavy atom. The Labute approximate surface area is 126 Å². The van der Waals surface area contributed by atoms with Crippen LogP contribution in [0.1, 0.15) is 44.1 Å². The summed E-state index contributed by atoms with van der Waals surface area (Å²) in [6.45, 7) is 0.0528. The van der Waals surface area contributed by atoms with E-state index in [0.717, 1.165) is 44.3 Å². The summed E-state index contributed by atoms with van der Waals surface area (Å²) in [4.78, 5) is 12.0. The normalized spacial score (nSPS) is 16.7. The number of aliphatic hydroxyl groups is 1. The molecule has 0 saturated heterocycles. The summed E-state index contributed by atoms with van der Waals surface area (Å²) < 4.78 is 5.12. The van der Waals surface area contributed by atoms with Crippen LogP contribution in [0.4, 0.5) is 0 Å². The van der Waals surface area contributed by atoms with Gasteiger partial charge in [0.05, 0.1) is 19.3 Å². The lowest BCUT2D eigenvalue weighted by Crippen LogP contribution is -2.49. The highest BCUT2D eigenvalue weighted by Crippen LogP contribution is 2.29. The summed E-state index contributed by atoms with van der Waals surface area (Å²) in [7, 11) is 1.65. The molecule has 0 heterocycles. The van der Waals surface area contributed by atoms with E-state index in [1.54, 1.807) is 7.11 Å². The molecular formula is C17H25NO3. The highest BCUT2D eigenvalue weighted by atomic mass is 16.5. The van der Waals surface area contributed by atoms with Crippen LogP contribution in [0.25, 0.3) is 0 Å². The summed E-state index contributed by atoms with van der Waals surface area (Å²) >= 11 is 0. The van der Waals surface area contributed by atoms with Crippen LogP contribution in [0.15, 0.2) is 24.3 Å². The Balaban J connectivity index is 1.73. The Kier molecular flexibility index (Phi) is 5.62. The zero-order valence-corrected chi connectivity index (χ0v) is 12.7. The van der Waals surface area contributed by atoms with Gasteiger partial charge in [-0.05, 0) is 43.4 Å². The molecule has 2 N–H and O–H groups in total. The van der Waals surface area contributed by atoms with E-state index >= 15 is 0 Å². The SMILES string of the molecule is COc1ccc(CCCC(=O)NC2(CO)CCCC2)cc1. The van der Waals surface area contributed by atoms with Gasteiger partial charge in [0.1, 0.15) is 5.75 Å². The highest BCUT2D eigenvalue weighted by molar-refractivity contribution is 5.76. The number of benzene rings is 1. The number of hydrogen-bond acceptors (Lipinski definition) is 3. The average molecular weight is 291 g/mol. The minimum Gasteiger partial charge on any atom is -0.497 e. The molecular weight excluding hydrogens is 266 g/mol. The summed E-state index contributed by atoms with van der Waals surface area (Å²) in [6.07, 6.45) is 6.18. The maximum atomic E-state index is 12.0. The molecule has 0 radical (unpaired) electrons. The summed E-state index contributed by atoms with van der Waals surface area (Å²) in [5, 5.41) is 12.5. The van der Waals surface area contributed by atoms with Crippen LogP contribution in [0.3, 0.4) is 0 Å². The number of amides is 1. The number of carbonyl (C=O) groups is 1. The van der Waals surface area contributed by atoms with Crippen LogP contribution >= 0.6 is 0 Å². The van der Waals surface area contributed by atoms with E-state index in [2.05, 4.69) is 5.32 Å². The van der Waals surface area contributed by atoms with Gasteiger partial charge in [-0.3, -0.25) is 4.79 Å². The molecule has 1 aromatic rings. The van der Waals surface area contributed by atoms with Crippen molar-refractivity contribution in [1.29, 1.82) is 0 Å². The van der Waals surface area contributed by atoms with Gasteiger partial charge in [-0.2, -0.15) is 0 Å². The molecule has 4 heteroatoms. The Morgan fingerprint density at radius 2 is 1.95 bits per heavy atom. The van der Waals surface area contributed by atoms with Crippen molar-refractivity contribution < 1.29 is 14.6 Å². The van der Waals surface area contributed by atoms with E-state index < -0.39 is 0 Å². The van der Waals surface area contributed by atoms with Crippen LogP contribution in [-0.2, 0) is 11.2 Å². The number of hydrogen-bond donors (Lipinski definition) is 2. The Hall–Kier alpha value is -1.55. The molecule has 0 atom stereocenters. The first-order valence-electron chi connectivity index (χ1n) is 7.72. The summed E-state index contributed by atoms with van der Waals surface area (Å²) in [5.74, 6) is 0.905. The van der Waals surface area contributed by atoms with Gasteiger partial charge in [-0.1, -0.05) is 25.0 Å². The molecule has 2 rings (SSSR count). The van der Waals surface area contributed by atoms with Crippen LogP contribution in [0, 0.1) is 0 Å². The van der Waals surface area contributed by atoms with Crippen molar-refractivity contribution in [2.24, 2.45) is 0 Å². The lowest BCUT2D eigenvalue weighted by atomic mass is 9.98. The van der Waals surface area contributed by atoms with E-state index in [0.29, 0.717) is 6.42 Å². The van der Waals surface area contributed by atoms with Crippen molar-refractivity contribution >= 4 is 5.91 Å². The number of carbonyl (C=O) groups excluding carboxylic acids is 1. The standard InChI is InChI=1S/C17H25NO3/c1-21-15-9-7-14(8-10-15)5-4-6-16(20)18-17(13-19)11-2-3-12-17/h7-10,19H,2-6,11-13H2,1H3,(H,18,20). The molecule has 0 aliphatic heterocycles. The molecule has 0 spiro atoms. The molecule has 1 aliphatic carbocycles. The monoisotopic (exact) mass is 291 g/mol. The lowest BCUT2D eigenvalue weighted by Gasteiger charge is -2.28. The fourth-order valence-electron chi connectivity index (χ4n) is 2.98. The molecule has 1 aromatic carbocycles. The van der Waals surface area contributed by atoms with Crippen LogP contribution in [0.5, 0.6) is 5.75 Å². The highest BCUT2D eigenvalue weighted by Gasteiger charge is 2.34. The van der Waals surface area contributed by atoms with Crippen molar-refractivity contribution in [1.82, 2.24) is 5.32 Å². The number of aliphatic hydroxyl groups excluding tert-OH is 1. The zero-order valence-electron chi connectivity index (χ0n) is 12.7. The summed E-state index contributed by atoms with van der Waals surface area (Å²) in [5.41, 5.74) is 0.860. The minimum atomic E-state index is -0.350. The number of ether oxygens (including phenoxy) is 1. The molecule has 1 amide bonds. The maximum Gasteiger partial charge on any atom is 0.220 e. The fourth-order valence-corrected chi connectivity index (χ4v) is 2.98. The minimum absolute atomic E-state index is 0.0528. The molecule has 21 heavy (non-hydrogen) atoms. The van der Waals surface area contributed by atoms with Crippen LogP contribution < -0.4 is 10.1 Å². The van der Waals surface area contributed by atoms with E-state index in [4.69, 9.17) is 4.74 Å². The molecule has 0 aromatic heterocycles. The zero-order chi connectivity index (χ0) is 15.1. The fraction of sp³-hybridized carbons (Fsp3) is 0.588. The molecule has 4 nitrogen and oxygen atoms in total. The molecule has 1 fully saturated rings. The second kappa shape index (κ2) is 7.46. The van der Waals surface area contributed by atoms with E-state index in [1.807, 2.05) is 24.3 Å². The maximum absolute atomic E-state index is 12.0. The van der Waals surface area contributed by atoms with Gasteiger partial charge < -0.3 is 15.2 Å². The Bertz CT molecular complexity index is 450. The third-order valence-electron chi connectivity index (χ3n) is 4.30. The molecule has 1 aliphatic rings. The topological polar surface area (TPSA) is 58.6 Å². The van der Waals surface area contributed by atoms with Crippen molar-refractivity contribution in [3.63, 3.8) is 0 Å². The molecule has 0 unspecified atom stereocenters. The molecule has 1 saturated carbocycles. The third-order valence-corrected chi connectivity index (χ3v) is 4.30. The first-order chi connectivity index (χ1) is 10.2. The van der Waals surface area contributed by atoms with Gasteiger partial charge >= 0.3 is 0 Å². The van der Waals surface area contributed by atoms with Gasteiger partial charge in [-0.25, -0.2) is 0 Å². The molecule has 0 bridgehead atoms. The second-order valence-corrected chi connectivity index (χ2v) is 5.90. The largest absolute Gasteiger partial charge is 0.497 e. The van der Waals surface area contributed by atoms with Crippen LogP contribution in [-0.4, -0.2) is 30.3 Å². The number of rotatable bonds is 7. The van der Waals surface area contributed by atoms with Crippen molar-refractivity contribution in [2.75, 3.05) is 13.7 Å². The number of methoxy groups -OCH3 is 1. The first-order valence-corrected chi connectivity index (χ1v) is 7.72. The van der Waals surface area contributed by atoms with Gasteiger partial charge in [-0.15, -0.1) is 0 Å². The average Bonchev–Trinajstić information content (AvgIpc) is 2.97. The quantitative estimate of drug-likeness (QED) is 0.811. The van der Waals surface area contributed by atoms with Crippen LogP contribution in [0.2, 0.25) is 0 Å². The Morgan fingerprint density at radius 3 is 2.52 bits per heavy atom. The predicted octanol–water partition coefficient (Wildman–Crippen LogP) is 2.44. The lowest BCUT2D eigenvalue weighted by molar-refractivity contribution is -0.123. The third kappa shape index (κ3) is 4.46.